The fraction of sp³-hybridized carbons (Fsp3) is 0.316. The Balaban J connectivity index is 1.64. The number of carbonyl (C=O) groups excluding carboxylic acids is 2. The number of carbonyl (C=O) groups is 2. The summed E-state index contributed by atoms with van der Waals surface area (Å²) >= 11 is 3.38. The van der Waals surface area contributed by atoms with Crippen LogP contribution in [0.3, 0.4) is 0 Å². The fourth-order valence-corrected chi connectivity index (χ4v) is 3.18. The molecule has 28 heavy (non-hydrogen) atoms. The molecule has 1 aromatic heterocycles. The molecule has 0 unspecified atom stereocenters. The topological polar surface area (TPSA) is 98.0 Å². The van der Waals surface area contributed by atoms with E-state index < -0.39 is 5.91 Å². The Morgan fingerprint density at radius 3 is 2.50 bits per heavy atom. The average Bonchev–Trinajstić information content (AvgIpc) is 2.72. The summed E-state index contributed by atoms with van der Waals surface area (Å²) in [5.41, 5.74) is 5.59. The number of halogens is 1. The molecule has 1 saturated heterocycles. The Morgan fingerprint density at radius 1 is 1.14 bits per heavy atom. The summed E-state index contributed by atoms with van der Waals surface area (Å²) in [5, 5.41) is 0. The van der Waals surface area contributed by atoms with Crippen molar-refractivity contribution in [2.24, 2.45) is 5.73 Å². The Hall–Kier alpha value is -2.81. The highest BCUT2D eigenvalue weighted by molar-refractivity contribution is 9.10. The Morgan fingerprint density at radius 2 is 1.89 bits per heavy atom. The number of hydrogen-bond acceptors (Lipinski definition) is 6. The number of amides is 2. The molecule has 8 nitrogen and oxygen atoms in total. The predicted molar refractivity (Wildman–Crippen MR) is 108 cm³/mol. The lowest BCUT2D eigenvalue weighted by Gasteiger charge is -2.35. The molecule has 2 N–H and O–H groups in total. The van der Waals surface area contributed by atoms with Crippen molar-refractivity contribution >= 4 is 33.6 Å². The molecule has 0 spiro atoms. The smallest absolute Gasteiger partial charge is 0.255 e. The number of nitrogens with zero attached hydrogens (tertiary/aromatic N) is 3. The predicted octanol–water partition coefficient (Wildman–Crippen LogP) is 1.68. The standard InChI is InChI=1S/C19H21BrN4O4/c1-27-16-10-13(2-4-15(16)28-12-17(21)25)19(26)24-8-6-23(7-9-24)18-5-3-14(20)11-22-18/h2-5,10-11H,6-9,12H2,1H3,(H2,21,25). The van der Waals surface area contributed by atoms with Gasteiger partial charge in [-0.2, -0.15) is 0 Å². The molecule has 1 aliphatic heterocycles. The van der Waals surface area contributed by atoms with Gasteiger partial charge in [0.05, 0.1) is 7.11 Å². The zero-order valence-electron chi connectivity index (χ0n) is 15.4. The number of aromatic nitrogens is 1. The summed E-state index contributed by atoms with van der Waals surface area (Å²) in [6.07, 6.45) is 1.76. The summed E-state index contributed by atoms with van der Waals surface area (Å²) in [5.74, 6) is 0.977. The minimum atomic E-state index is -0.583. The van der Waals surface area contributed by atoms with Gasteiger partial charge in [-0.15, -0.1) is 0 Å². The molecule has 2 amide bonds. The number of methoxy groups -OCH3 is 1. The molecule has 0 bridgehead atoms. The summed E-state index contributed by atoms with van der Waals surface area (Å²) in [7, 11) is 1.48. The number of piperazine rings is 1. The van der Waals surface area contributed by atoms with E-state index in [1.807, 2.05) is 12.1 Å². The molecule has 1 fully saturated rings. The van der Waals surface area contributed by atoms with Gasteiger partial charge in [-0.3, -0.25) is 9.59 Å². The number of benzene rings is 1. The summed E-state index contributed by atoms with van der Waals surface area (Å²) in [6, 6.07) is 8.79. The van der Waals surface area contributed by atoms with Gasteiger partial charge in [0.15, 0.2) is 18.1 Å². The highest BCUT2D eigenvalue weighted by Crippen LogP contribution is 2.29. The summed E-state index contributed by atoms with van der Waals surface area (Å²) in [6.45, 7) is 2.35. The maximum Gasteiger partial charge on any atom is 0.255 e. The van der Waals surface area contributed by atoms with Crippen molar-refractivity contribution in [2.75, 3.05) is 44.8 Å². The Kier molecular flexibility index (Phi) is 6.35. The number of nitrogens with two attached hydrogens (primary N) is 1. The molecule has 2 aromatic rings. The lowest BCUT2D eigenvalue weighted by molar-refractivity contribution is -0.119. The molecule has 0 atom stereocenters. The molecule has 1 aromatic carbocycles. The van der Waals surface area contributed by atoms with E-state index in [4.69, 9.17) is 15.2 Å². The first-order chi connectivity index (χ1) is 13.5. The zero-order valence-corrected chi connectivity index (χ0v) is 17.0. The molecule has 0 radical (unpaired) electrons. The van der Waals surface area contributed by atoms with E-state index in [0.717, 1.165) is 10.3 Å². The normalized spacial score (nSPS) is 13.9. The number of rotatable bonds is 6. The van der Waals surface area contributed by atoms with Gasteiger partial charge in [0.25, 0.3) is 11.8 Å². The minimum Gasteiger partial charge on any atom is -0.493 e. The van der Waals surface area contributed by atoms with Gasteiger partial charge in [-0.25, -0.2) is 4.98 Å². The van der Waals surface area contributed by atoms with E-state index >= 15 is 0 Å². The van der Waals surface area contributed by atoms with Crippen molar-refractivity contribution in [1.29, 1.82) is 0 Å². The van der Waals surface area contributed by atoms with Gasteiger partial charge >= 0.3 is 0 Å². The first-order valence-corrected chi connectivity index (χ1v) is 9.52. The van der Waals surface area contributed by atoms with Crippen LogP contribution in [-0.4, -0.2) is 61.6 Å². The SMILES string of the molecule is COc1cc(C(=O)N2CCN(c3ccc(Br)cn3)CC2)ccc1OCC(N)=O. The number of primary amides is 1. The molecular weight excluding hydrogens is 428 g/mol. The van der Waals surface area contributed by atoms with Crippen molar-refractivity contribution in [3.63, 3.8) is 0 Å². The fourth-order valence-electron chi connectivity index (χ4n) is 2.95. The van der Waals surface area contributed by atoms with Crippen LogP contribution in [0.25, 0.3) is 0 Å². The molecule has 0 saturated carbocycles. The van der Waals surface area contributed by atoms with Crippen LogP contribution in [-0.2, 0) is 4.79 Å². The molecule has 1 aliphatic rings. The monoisotopic (exact) mass is 448 g/mol. The van der Waals surface area contributed by atoms with Crippen LogP contribution in [0, 0.1) is 0 Å². The lowest BCUT2D eigenvalue weighted by Crippen LogP contribution is -2.49. The van der Waals surface area contributed by atoms with Gasteiger partial charge in [0.1, 0.15) is 5.82 Å². The molecule has 148 valence electrons. The highest BCUT2D eigenvalue weighted by Gasteiger charge is 2.23. The number of pyridine rings is 1. The second-order valence-electron chi connectivity index (χ2n) is 6.23. The quantitative estimate of drug-likeness (QED) is 0.721. The number of ether oxygens (including phenoxy) is 2. The van der Waals surface area contributed by atoms with Crippen LogP contribution in [0.4, 0.5) is 5.82 Å². The van der Waals surface area contributed by atoms with Crippen LogP contribution in [0.2, 0.25) is 0 Å². The maximum absolute atomic E-state index is 12.8. The van der Waals surface area contributed by atoms with E-state index in [1.165, 1.54) is 7.11 Å². The first-order valence-electron chi connectivity index (χ1n) is 8.73. The number of hydrogen-bond donors (Lipinski definition) is 1. The van der Waals surface area contributed by atoms with Crippen molar-refractivity contribution in [3.05, 3.63) is 46.6 Å². The van der Waals surface area contributed by atoms with Crippen molar-refractivity contribution < 1.29 is 19.1 Å². The third-order valence-corrected chi connectivity index (χ3v) is 4.85. The maximum atomic E-state index is 12.8. The van der Waals surface area contributed by atoms with Crippen molar-refractivity contribution in [1.82, 2.24) is 9.88 Å². The van der Waals surface area contributed by atoms with E-state index in [2.05, 4.69) is 25.8 Å². The van der Waals surface area contributed by atoms with Gasteiger partial charge in [0, 0.05) is 42.4 Å². The first kappa shape index (κ1) is 19.9. The Bertz CT molecular complexity index is 852. The van der Waals surface area contributed by atoms with Crippen LogP contribution >= 0.6 is 15.9 Å². The molecule has 0 aliphatic carbocycles. The van der Waals surface area contributed by atoms with E-state index in [1.54, 1.807) is 29.3 Å². The molecule has 3 rings (SSSR count). The zero-order chi connectivity index (χ0) is 20.1. The lowest BCUT2D eigenvalue weighted by atomic mass is 10.1. The van der Waals surface area contributed by atoms with Crippen LogP contribution in [0.5, 0.6) is 11.5 Å². The summed E-state index contributed by atoms with van der Waals surface area (Å²) < 4.78 is 11.5. The average molecular weight is 449 g/mol. The molecule has 2 heterocycles. The Labute approximate surface area is 171 Å². The van der Waals surface area contributed by atoms with Gasteiger partial charge < -0.3 is 25.0 Å². The van der Waals surface area contributed by atoms with Gasteiger partial charge in [0.2, 0.25) is 0 Å². The largest absolute Gasteiger partial charge is 0.493 e. The molecular formula is C19H21BrN4O4. The van der Waals surface area contributed by atoms with Crippen molar-refractivity contribution in [3.8, 4) is 11.5 Å². The number of anilines is 1. The van der Waals surface area contributed by atoms with Crippen molar-refractivity contribution in [2.45, 2.75) is 0 Å². The molecule has 9 heteroatoms. The second-order valence-corrected chi connectivity index (χ2v) is 7.15. The van der Waals surface area contributed by atoms with Gasteiger partial charge in [-0.05, 0) is 46.3 Å². The van der Waals surface area contributed by atoms with Crippen LogP contribution in [0.1, 0.15) is 10.4 Å². The second kappa shape index (κ2) is 8.92. The van der Waals surface area contributed by atoms with E-state index in [9.17, 15) is 9.59 Å². The van der Waals surface area contributed by atoms with E-state index in [0.29, 0.717) is 43.2 Å². The van der Waals surface area contributed by atoms with E-state index in [-0.39, 0.29) is 12.5 Å². The minimum absolute atomic E-state index is 0.0804. The van der Waals surface area contributed by atoms with Crippen LogP contribution in [0.15, 0.2) is 41.0 Å². The third kappa shape index (κ3) is 4.72. The third-order valence-electron chi connectivity index (χ3n) is 4.38. The van der Waals surface area contributed by atoms with Crippen LogP contribution < -0.4 is 20.1 Å². The van der Waals surface area contributed by atoms with Gasteiger partial charge in [-0.1, -0.05) is 0 Å². The highest BCUT2D eigenvalue weighted by atomic mass is 79.9. The summed E-state index contributed by atoms with van der Waals surface area (Å²) in [4.78, 5) is 32.1.